The van der Waals surface area contributed by atoms with Gasteiger partial charge in [0.25, 0.3) is 0 Å². The van der Waals surface area contributed by atoms with Crippen LogP contribution in [0.4, 0.5) is 0 Å². The molecular weight excluding hydrogens is 629 g/mol. The van der Waals surface area contributed by atoms with E-state index in [0.717, 1.165) is 21.9 Å². The van der Waals surface area contributed by atoms with Gasteiger partial charge in [-0.2, -0.15) is 0 Å². The van der Waals surface area contributed by atoms with E-state index < -0.39 is 5.41 Å². The van der Waals surface area contributed by atoms with E-state index in [2.05, 4.69) is 182 Å². The number of furan rings is 1. The molecule has 240 valence electrons. The molecule has 0 atom stereocenters. The van der Waals surface area contributed by atoms with E-state index in [1.165, 1.54) is 88.3 Å². The molecule has 0 N–H and O–H groups in total. The van der Waals surface area contributed by atoms with Gasteiger partial charge in [-0.1, -0.05) is 152 Å². The van der Waals surface area contributed by atoms with Crippen molar-refractivity contribution in [2.75, 3.05) is 0 Å². The molecule has 52 heavy (non-hydrogen) atoms. The summed E-state index contributed by atoms with van der Waals surface area (Å²) in [5, 5.41) is 7.24. The summed E-state index contributed by atoms with van der Waals surface area (Å²) >= 11 is 0. The van der Waals surface area contributed by atoms with Crippen LogP contribution in [0.1, 0.15) is 22.3 Å². The number of benzene rings is 9. The first-order valence-corrected chi connectivity index (χ1v) is 18.1. The summed E-state index contributed by atoms with van der Waals surface area (Å²) in [5.74, 6) is 0. The molecule has 1 heteroatoms. The van der Waals surface area contributed by atoms with E-state index in [-0.39, 0.29) is 0 Å². The summed E-state index contributed by atoms with van der Waals surface area (Å²) in [7, 11) is 0. The van der Waals surface area contributed by atoms with Crippen molar-refractivity contribution in [1.29, 1.82) is 0 Å². The third-order valence-electron chi connectivity index (χ3n) is 11.8. The second-order valence-electron chi connectivity index (χ2n) is 14.3. The van der Waals surface area contributed by atoms with E-state index in [0.29, 0.717) is 0 Å². The normalized spacial score (nSPS) is 13.5. The van der Waals surface area contributed by atoms with Crippen LogP contribution in [0, 0.1) is 0 Å². The molecule has 12 rings (SSSR count). The molecule has 1 spiro atoms. The lowest BCUT2D eigenvalue weighted by Crippen LogP contribution is -2.26. The van der Waals surface area contributed by atoms with Gasteiger partial charge in [-0.15, -0.1) is 0 Å². The average molecular weight is 659 g/mol. The van der Waals surface area contributed by atoms with Crippen LogP contribution in [-0.2, 0) is 5.41 Å². The Kier molecular flexibility index (Phi) is 5.49. The maximum atomic E-state index is 6.55. The summed E-state index contributed by atoms with van der Waals surface area (Å²) in [6, 6.07) is 67.3. The average Bonchev–Trinajstić information content (AvgIpc) is 3.84. The third-order valence-corrected chi connectivity index (χ3v) is 11.8. The molecule has 0 saturated heterocycles. The summed E-state index contributed by atoms with van der Waals surface area (Å²) in [5.41, 5.74) is 17.0. The Bertz CT molecular complexity index is 3080. The summed E-state index contributed by atoms with van der Waals surface area (Å²) in [6.07, 6.45) is 0. The van der Waals surface area contributed by atoms with Gasteiger partial charge in [-0.3, -0.25) is 0 Å². The van der Waals surface area contributed by atoms with Crippen LogP contribution in [-0.4, -0.2) is 0 Å². The minimum atomic E-state index is -0.464. The Morgan fingerprint density at radius 2 is 0.962 bits per heavy atom. The Balaban J connectivity index is 1.24. The minimum Gasteiger partial charge on any atom is -0.456 e. The lowest BCUT2D eigenvalue weighted by Gasteiger charge is -2.32. The molecule has 0 radical (unpaired) electrons. The summed E-state index contributed by atoms with van der Waals surface area (Å²) < 4.78 is 6.55. The molecule has 0 fully saturated rings. The topological polar surface area (TPSA) is 13.1 Å². The fraction of sp³-hybridized carbons (Fsp3) is 0.0196. The van der Waals surface area contributed by atoms with Gasteiger partial charge in [0.05, 0.1) is 5.41 Å². The molecule has 0 unspecified atom stereocenters. The monoisotopic (exact) mass is 658 g/mol. The first-order valence-electron chi connectivity index (χ1n) is 18.1. The molecule has 0 saturated carbocycles. The Morgan fingerprint density at radius 3 is 1.71 bits per heavy atom. The fourth-order valence-electron chi connectivity index (χ4n) is 9.79. The zero-order valence-electron chi connectivity index (χ0n) is 28.2. The molecular formula is C51H30O. The van der Waals surface area contributed by atoms with Gasteiger partial charge in [0.2, 0.25) is 0 Å². The second-order valence-corrected chi connectivity index (χ2v) is 14.3. The lowest BCUT2D eigenvalue weighted by atomic mass is 9.69. The maximum absolute atomic E-state index is 6.55. The highest BCUT2D eigenvalue weighted by molar-refractivity contribution is 6.17. The van der Waals surface area contributed by atoms with Crippen molar-refractivity contribution in [3.05, 3.63) is 204 Å². The van der Waals surface area contributed by atoms with E-state index in [9.17, 15) is 0 Å². The van der Waals surface area contributed by atoms with Crippen LogP contribution in [0.2, 0.25) is 0 Å². The van der Waals surface area contributed by atoms with Gasteiger partial charge in [0.15, 0.2) is 0 Å². The standard InChI is InChI=1S/C51H30O/c1-2-13-31(14-3-1)40-28-35-26-25-34(36-20-12-24-46-48(36)42-27-32-15-4-5-16-33(32)30-47(42)52-46)29-41(35)50-49(40)39-19-8-11-23-45(39)51(50)43-21-9-6-17-37(43)38-18-7-10-22-44(38)51/h1-30H. The van der Waals surface area contributed by atoms with Gasteiger partial charge in [0, 0.05) is 10.8 Å². The van der Waals surface area contributed by atoms with E-state index >= 15 is 0 Å². The fourth-order valence-corrected chi connectivity index (χ4v) is 9.79. The van der Waals surface area contributed by atoms with Gasteiger partial charge in [-0.25, -0.2) is 0 Å². The van der Waals surface area contributed by atoms with Crippen LogP contribution in [0.25, 0.3) is 88.0 Å². The van der Waals surface area contributed by atoms with Crippen LogP contribution in [0.15, 0.2) is 186 Å². The van der Waals surface area contributed by atoms with Gasteiger partial charge in [0.1, 0.15) is 11.2 Å². The van der Waals surface area contributed by atoms with Gasteiger partial charge >= 0.3 is 0 Å². The van der Waals surface area contributed by atoms with Crippen molar-refractivity contribution in [2.45, 2.75) is 5.41 Å². The highest BCUT2D eigenvalue weighted by Crippen LogP contribution is 2.65. The maximum Gasteiger partial charge on any atom is 0.136 e. The Morgan fingerprint density at radius 1 is 0.346 bits per heavy atom. The number of fused-ring (bicyclic) bond motifs is 16. The number of hydrogen-bond acceptors (Lipinski definition) is 1. The molecule has 0 bridgehead atoms. The Hall–Kier alpha value is -6.70. The SMILES string of the molecule is c1ccc(-c2cc3ccc(-c4cccc5oc6cc7ccccc7cc6c45)cc3c3c2-c2ccccc2C32c3ccccc3-c3ccccc32)cc1. The summed E-state index contributed by atoms with van der Waals surface area (Å²) in [6.45, 7) is 0. The zero-order valence-corrected chi connectivity index (χ0v) is 28.2. The van der Waals surface area contributed by atoms with Crippen molar-refractivity contribution >= 4 is 43.5 Å². The quantitative estimate of drug-likeness (QED) is 0.180. The Labute approximate surface area is 301 Å². The van der Waals surface area contributed by atoms with Crippen molar-refractivity contribution < 1.29 is 4.42 Å². The van der Waals surface area contributed by atoms with Crippen LogP contribution in [0.5, 0.6) is 0 Å². The first kappa shape index (κ1) is 28.0. The largest absolute Gasteiger partial charge is 0.456 e. The van der Waals surface area contributed by atoms with Crippen molar-refractivity contribution in [3.63, 3.8) is 0 Å². The molecule has 2 aliphatic rings. The van der Waals surface area contributed by atoms with Crippen LogP contribution >= 0.6 is 0 Å². The van der Waals surface area contributed by atoms with Gasteiger partial charge in [-0.05, 0) is 119 Å². The van der Waals surface area contributed by atoms with Crippen molar-refractivity contribution in [3.8, 4) is 44.5 Å². The third kappa shape index (κ3) is 3.52. The molecule has 1 aromatic heterocycles. The molecule has 9 aromatic carbocycles. The van der Waals surface area contributed by atoms with Crippen LogP contribution in [0.3, 0.4) is 0 Å². The molecule has 10 aromatic rings. The number of hydrogen-bond donors (Lipinski definition) is 0. The molecule has 0 aliphatic heterocycles. The summed E-state index contributed by atoms with van der Waals surface area (Å²) in [4.78, 5) is 0. The highest BCUT2D eigenvalue weighted by atomic mass is 16.3. The van der Waals surface area contributed by atoms with Gasteiger partial charge < -0.3 is 4.42 Å². The van der Waals surface area contributed by atoms with E-state index in [4.69, 9.17) is 4.42 Å². The zero-order chi connectivity index (χ0) is 34.0. The molecule has 2 aliphatic carbocycles. The van der Waals surface area contributed by atoms with Crippen molar-refractivity contribution in [2.24, 2.45) is 0 Å². The second kappa shape index (κ2) is 10.2. The predicted octanol–water partition coefficient (Wildman–Crippen LogP) is 13.6. The van der Waals surface area contributed by atoms with E-state index in [1.807, 2.05) is 0 Å². The molecule has 1 nitrogen and oxygen atoms in total. The molecule has 1 heterocycles. The smallest absolute Gasteiger partial charge is 0.136 e. The van der Waals surface area contributed by atoms with Crippen molar-refractivity contribution in [1.82, 2.24) is 0 Å². The number of rotatable bonds is 2. The highest BCUT2D eigenvalue weighted by Gasteiger charge is 2.53. The minimum absolute atomic E-state index is 0.464. The first-order chi connectivity index (χ1) is 25.8. The molecule has 0 amide bonds. The lowest BCUT2D eigenvalue weighted by molar-refractivity contribution is 0.669. The van der Waals surface area contributed by atoms with E-state index in [1.54, 1.807) is 0 Å². The van der Waals surface area contributed by atoms with Crippen LogP contribution < -0.4 is 0 Å². The predicted molar refractivity (Wildman–Crippen MR) is 216 cm³/mol.